The van der Waals surface area contributed by atoms with Gasteiger partial charge >= 0.3 is 0 Å². The van der Waals surface area contributed by atoms with Crippen molar-refractivity contribution in [1.29, 1.82) is 0 Å². The molecule has 142 valence electrons. The number of nitrogens with one attached hydrogen (secondary N) is 1. The normalized spacial score (nSPS) is 10.9. The fourth-order valence-corrected chi connectivity index (χ4v) is 3.38. The number of likely N-dealkylation sites (N-methyl/N-ethyl adjacent to an activating group) is 1. The molecule has 1 N–H and O–H groups in total. The molecule has 0 saturated heterocycles. The van der Waals surface area contributed by atoms with E-state index in [9.17, 15) is 9.59 Å². The minimum absolute atomic E-state index is 0.0452. The zero-order chi connectivity index (χ0) is 19.9. The maximum Gasteiger partial charge on any atom is 0.238 e. The van der Waals surface area contributed by atoms with E-state index in [0.717, 1.165) is 11.1 Å². The predicted octanol–water partition coefficient (Wildman–Crippen LogP) is 4.55. The van der Waals surface area contributed by atoms with Gasteiger partial charge in [0, 0.05) is 5.56 Å². The Morgan fingerprint density at radius 1 is 0.821 bits per heavy atom. The Bertz CT molecular complexity index is 900. The summed E-state index contributed by atoms with van der Waals surface area (Å²) in [4.78, 5) is 26.5. The van der Waals surface area contributed by atoms with E-state index in [1.54, 1.807) is 18.2 Å². The number of rotatable bonds is 7. The first-order valence-corrected chi connectivity index (χ1v) is 9.26. The van der Waals surface area contributed by atoms with Gasteiger partial charge in [0.1, 0.15) is 0 Å². The first kappa shape index (κ1) is 19.5. The number of hydrogen-bond donors (Lipinski definition) is 1. The lowest BCUT2D eigenvalue weighted by molar-refractivity contribution is -0.117. The number of hydrogen-bond acceptors (Lipinski definition) is 3. The molecular weight excluding hydrogens is 348 g/mol. The van der Waals surface area contributed by atoms with Gasteiger partial charge in [-0.3, -0.25) is 14.5 Å². The SMILES string of the molecule is CC(=O)c1ccccc1NC(=O)CN(C)C(c1ccccc1)c1ccccc1. The number of ketones is 1. The highest BCUT2D eigenvalue weighted by Crippen LogP contribution is 2.27. The van der Waals surface area contributed by atoms with Crippen LogP contribution in [0.1, 0.15) is 34.5 Å². The topological polar surface area (TPSA) is 49.4 Å². The van der Waals surface area contributed by atoms with E-state index in [2.05, 4.69) is 29.6 Å². The second-order valence-corrected chi connectivity index (χ2v) is 6.79. The Labute approximate surface area is 165 Å². The summed E-state index contributed by atoms with van der Waals surface area (Å²) in [6.07, 6.45) is 0. The van der Waals surface area contributed by atoms with Gasteiger partial charge < -0.3 is 5.32 Å². The molecule has 0 unspecified atom stereocenters. The van der Waals surface area contributed by atoms with E-state index in [1.807, 2.05) is 54.4 Å². The third-order valence-electron chi connectivity index (χ3n) is 4.64. The number of benzene rings is 3. The van der Waals surface area contributed by atoms with Crippen molar-refractivity contribution in [2.24, 2.45) is 0 Å². The van der Waals surface area contributed by atoms with Crippen LogP contribution in [0.4, 0.5) is 5.69 Å². The van der Waals surface area contributed by atoms with Gasteiger partial charge in [-0.25, -0.2) is 0 Å². The standard InChI is InChI=1S/C24H24N2O2/c1-18(27)21-15-9-10-16-22(21)25-23(28)17-26(2)24(19-11-5-3-6-12-19)20-13-7-4-8-14-20/h3-16,24H,17H2,1-2H3,(H,25,28). The van der Waals surface area contributed by atoms with Crippen LogP contribution in [-0.2, 0) is 4.79 Å². The van der Waals surface area contributed by atoms with Gasteiger partial charge in [-0.15, -0.1) is 0 Å². The van der Waals surface area contributed by atoms with Crippen LogP contribution in [-0.4, -0.2) is 30.2 Å². The third kappa shape index (κ3) is 4.72. The first-order chi connectivity index (χ1) is 13.6. The average Bonchev–Trinajstić information content (AvgIpc) is 2.70. The van der Waals surface area contributed by atoms with Gasteiger partial charge in [0.2, 0.25) is 5.91 Å². The van der Waals surface area contributed by atoms with Gasteiger partial charge in [0.15, 0.2) is 5.78 Å². The van der Waals surface area contributed by atoms with Crippen LogP contribution in [0, 0.1) is 0 Å². The summed E-state index contributed by atoms with van der Waals surface area (Å²) in [5.74, 6) is -0.233. The fraction of sp³-hybridized carbons (Fsp3) is 0.167. The zero-order valence-corrected chi connectivity index (χ0v) is 16.1. The largest absolute Gasteiger partial charge is 0.324 e. The van der Waals surface area contributed by atoms with Crippen molar-refractivity contribution in [3.8, 4) is 0 Å². The second kappa shape index (κ2) is 9.11. The van der Waals surface area contributed by atoms with Crippen molar-refractivity contribution in [2.75, 3.05) is 18.9 Å². The van der Waals surface area contributed by atoms with Crippen LogP contribution >= 0.6 is 0 Å². The van der Waals surface area contributed by atoms with Gasteiger partial charge in [-0.2, -0.15) is 0 Å². The van der Waals surface area contributed by atoms with Crippen molar-refractivity contribution in [2.45, 2.75) is 13.0 Å². The molecule has 3 aromatic carbocycles. The molecule has 4 nitrogen and oxygen atoms in total. The molecule has 0 heterocycles. The monoisotopic (exact) mass is 372 g/mol. The molecule has 0 bridgehead atoms. The lowest BCUT2D eigenvalue weighted by Crippen LogP contribution is -2.34. The highest BCUT2D eigenvalue weighted by molar-refractivity contribution is 6.04. The molecule has 0 spiro atoms. The number of nitrogens with zero attached hydrogens (tertiary/aromatic N) is 1. The first-order valence-electron chi connectivity index (χ1n) is 9.26. The number of para-hydroxylation sites is 1. The van der Waals surface area contributed by atoms with E-state index in [-0.39, 0.29) is 24.3 Å². The highest BCUT2D eigenvalue weighted by Gasteiger charge is 2.21. The summed E-state index contributed by atoms with van der Waals surface area (Å²) in [5, 5.41) is 2.88. The van der Waals surface area contributed by atoms with Crippen molar-refractivity contribution in [1.82, 2.24) is 4.90 Å². The third-order valence-corrected chi connectivity index (χ3v) is 4.64. The molecule has 28 heavy (non-hydrogen) atoms. The van der Waals surface area contributed by atoms with Gasteiger partial charge in [-0.05, 0) is 37.2 Å². The molecule has 3 rings (SSSR count). The van der Waals surface area contributed by atoms with E-state index in [1.165, 1.54) is 6.92 Å². The molecule has 3 aromatic rings. The fourth-order valence-electron chi connectivity index (χ4n) is 3.38. The summed E-state index contributed by atoms with van der Waals surface area (Å²) in [5.41, 5.74) is 3.30. The Morgan fingerprint density at radius 3 is 1.86 bits per heavy atom. The molecule has 0 atom stereocenters. The van der Waals surface area contributed by atoms with Crippen molar-refractivity contribution in [3.63, 3.8) is 0 Å². The van der Waals surface area contributed by atoms with Crippen LogP contribution < -0.4 is 5.32 Å². The lowest BCUT2D eigenvalue weighted by Gasteiger charge is -2.28. The predicted molar refractivity (Wildman–Crippen MR) is 112 cm³/mol. The van der Waals surface area contributed by atoms with Gasteiger partial charge in [-0.1, -0.05) is 72.8 Å². The summed E-state index contributed by atoms with van der Waals surface area (Å²) < 4.78 is 0. The average molecular weight is 372 g/mol. The van der Waals surface area contributed by atoms with Gasteiger partial charge in [0.05, 0.1) is 18.3 Å². The highest BCUT2D eigenvalue weighted by atomic mass is 16.2. The number of carbonyl (C=O) groups is 2. The van der Waals surface area contributed by atoms with Crippen LogP contribution in [0.15, 0.2) is 84.9 Å². The Kier molecular flexibility index (Phi) is 6.35. The molecule has 0 fully saturated rings. The summed E-state index contributed by atoms with van der Waals surface area (Å²) >= 11 is 0. The molecule has 0 radical (unpaired) electrons. The molecule has 0 saturated carbocycles. The molecule has 4 heteroatoms. The molecule has 0 aliphatic heterocycles. The van der Waals surface area contributed by atoms with Crippen molar-refractivity contribution in [3.05, 3.63) is 102 Å². The van der Waals surface area contributed by atoms with Crippen molar-refractivity contribution < 1.29 is 9.59 Å². The smallest absolute Gasteiger partial charge is 0.238 e. The van der Waals surface area contributed by atoms with Crippen LogP contribution in [0.3, 0.4) is 0 Å². The lowest BCUT2D eigenvalue weighted by atomic mass is 9.97. The summed E-state index contributed by atoms with van der Waals surface area (Å²) in [6.45, 7) is 1.69. The minimum atomic E-state index is -0.159. The molecule has 0 aliphatic carbocycles. The number of amides is 1. The molecular formula is C24H24N2O2. The Morgan fingerprint density at radius 2 is 1.32 bits per heavy atom. The minimum Gasteiger partial charge on any atom is -0.324 e. The second-order valence-electron chi connectivity index (χ2n) is 6.79. The Hall–Kier alpha value is -3.24. The quantitative estimate of drug-likeness (QED) is 0.619. The molecule has 1 amide bonds. The van der Waals surface area contributed by atoms with Gasteiger partial charge in [0.25, 0.3) is 0 Å². The summed E-state index contributed by atoms with van der Waals surface area (Å²) in [7, 11) is 1.93. The van der Waals surface area contributed by atoms with Crippen LogP contribution in [0.25, 0.3) is 0 Å². The van der Waals surface area contributed by atoms with Crippen LogP contribution in [0.2, 0.25) is 0 Å². The van der Waals surface area contributed by atoms with Crippen LogP contribution in [0.5, 0.6) is 0 Å². The van der Waals surface area contributed by atoms with E-state index < -0.39 is 0 Å². The number of carbonyl (C=O) groups excluding carboxylic acids is 2. The zero-order valence-electron chi connectivity index (χ0n) is 16.1. The molecule has 0 aliphatic rings. The summed E-state index contributed by atoms with van der Waals surface area (Å²) in [6, 6.07) is 27.3. The molecule has 0 aromatic heterocycles. The maximum absolute atomic E-state index is 12.7. The van der Waals surface area contributed by atoms with E-state index >= 15 is 0 Å². The van der Waals surface area contributed by atoms with Crippen molar-refractivity contribution >= 4 is 17.4 Å². The Balaban J connectivity index is 1.80. The number of Topliss-reactive ketones (excluding diaryl/α,β-unsaturated/α-hetero) is 1. The maximum atomic E-state index is 12.7. The van der Waals surface area contributed by atoms with E-state index in [4.69, 9.17) is 0 Å². The number of anilines is 1. The van der Waals surface area contributed by atoms with E-state index in [0.29, 0.717) is 11.3 Å².